The van der Waals surface area contributed by atoms with Crippen LogP contribution in [0.4, 0.5) is 13.2 Å². The van der Waals surface area contributed by atoms with Gasteiger partial charge < -0.3 is 14.8 Å². The molecule has 0 bridgehead atoms. The number of carbonyl (C=O) groups excluding carboxylic acids is 1. The van der Waals surface area contributed by atoms with E-state index in [1.54, 1.807) is 0 Å². The van der Waals surface area contributed by atoms with E-state index in [2.05, 4.69) is 10.3 Å². The van der Waals surface area contributed by atoms with Gasteiger partial charge in [0.1, 0.15) is 23.0 Å². The standard InChI is InChI=1S/C19H22ClF3N2O3S/c1-10(24-11(2)26)8-27-12-6-19(23,7-12)9-28-14-5-4-13-16(15(14)20)29-17(25-13)18(3,21)22/h4-5,10,12H,6-9H2,1-3H3,(H,24,26)/t10-,12?,19?/m0/s1. The van der Waals surface area contributed by atoms with Crippen LogP contribution in [0.3, 0.4) is 0 Å². The molecule has 1 N–H and O–H groups in total. The van der Waals surface area contributed by atoms with Crippen LogP contribution in [0.15, 0.2) is 12.1 Å². The Morgan fingerprint density at radius 2 is 2.17 bits per heavy atom. The number of carbonyl (C=O) groups is 1. The highest BCUT2D eigenvalue weighted by molar-refractivity contribution is 7.19. The maximum atomic E-state index is 14.8. The predicted molar refractivity (Wildman–Crippen MR) is 106 cm³/mol. The minimum atomic E-state index is -3.06. The van der Waals surface area contributed by atoms with Gasteiger partial charge in [-0.2, -0.15) is 8.78 Å². The van der Waals surface area contributed by atoms with Crippen molar-refractivity contribution in [2.45, 2.75) is 57.3 Å². The summed E-state index contributed by atoms with van der Waals surface area (Å²) in [5.74, 6) is -2.97. The fourth-order valence-electron chi connectivity index (χ4n) is 3.11. The van der Waals surface area contributed by atoms with Crippen LogP contribution < -0.4 is 10.1 Å². The summed E-state index contributed by atoms with van der Waals surface area (Å²) in [5.41, 5.74) is -1.19. The second-order valence-corrected chi connectivity index (χ2v) is 8.92. The van der Waals surface area contributed by atoms with Crippen LogP contribution in [0, 0.1) is 0 Å². The second-order valence-electron chi connectivity index (χ2n) is 7.54. The average Bonchev–Trinajstić information content (AvgIpc) is 3.02. The monoisotopic (exact) mass is 450 g/mol. The van der Waals surface area contributed by atoms with Crippen molar-refractivity contribution in [2.24, 2.45) is 0 Å². The van der Waals surface area contributed by atoms with E-state index >= 15 is 0 Å². The highest BCUT2D eigenvalue weighted by Crippen LogP contribution is 2.42. The number of fused-ring (bicyclic) bond motifs is 1. The van der Waals surface area contributed by atoms with Crippen LogP contribution in [0.2, 0.25) is 5.02 Å². The van der Waals surface area contributed by atoms with Crippen molar-refractivity contribution in [1.82, 2.24) is 10.3 Å². The molecule has 2 aromatic rings. The van der Waals surface area contributed by atoms with E-state index in [0.29, 0.717) is 16.8 Å². The summed E-state index contributed by atoms with van der Waals surface area (Å²) >= 11 is 7.06. The number of amides is 1. The number of alkyl halides is 3. The van der Waals surface area contributed by atoms with Gasteiger partial charge in [0.15, 0.2) is 5.01 Å². The third-order valence-electron chi connectivity index (χ3n) is 4.54. The lowest BCUT2D eigenvalue weighted by Gasteiger charge is -2.41. The van der Waals surface area contributed by atoms with Gasteiger partial charge in [-0.05, 0) is 19.1 Å². The summed E-state index contributed by atoms with van der Waals surface area (Å²) in [6.07, 6.45) is 0.104. The zero-order valence-corrected chi connectivity index (χ0v) is 17.8. The molecule has 1 saturated carbocycles. The molecule has 1 aliphatic rings. The van der Waals surface area contributed by atoms with E-state index in [0.717, 1.165) is 18.3 Å². The molecule has 1 aromatic carbocycles. The zero-order chi connectivity index (χ0) is 21.4. The van der Waals surface area contributed by atoms with Crippen LogP contribution in [-0.2, 0) is 15.5 Å². The first-order valence-electron chi connectivity index (χ1n) is 9.14. The average molecular weight is 451 g/mol. The van der Waals surface area contributed by atoms with Crippen LogP contribution >= 0.6 is 22.9 Å². The van der Waals surface area contributed by atoms with Crippen molar-refractivity contribution in [3.63, 3.8) is 0 Å². The summed E-state index contributed by atoms with van der Waals surface area (Å²) < 4.78 is 53.2. The van der Waals surface area contributed by atoms with Crippen molar-refractivity contribution >= 4 is 39.1 Å². The van der Waals surface area contributed by atoms with Crippen molar-refractivity contribution < 1.29 is 27.4 Å². The minimum Gasteiger partial charge on any atom is -0.489 e. The van der Waals surface area contributed by atoms with Gasteiger partial charge in [-0.3, -0.25) is 4.79 Å². The Labute approximate surface area is 175 Å². The molecule has 0 aliphatic heterocycles. The SMILES string of the molecule is CC(=O)N[C@@H](C)COC1CC(F)(COc2ccc3nc(C(C)(F)F)sc3c2Cl)C1. The first-order valence-corrected chi connectivity index (χ1v) is 10.3. The van der Waals surface area contributed by atoms with Crippen molar-refractivity contribution in [2.75, 3.05) is 13.2 Å². The fourth-order valence-corrected chi connectivity index (χ4v) is 4.36. The molecule has 5 nitrogen and oxygen atoms in total. The third-order valence-corrected chi connectivity index (χ3v) is 6.29. The van der Waals surface area contributed by atoms with E-state index in [9.17, 15) is 18.0 Å². The number of benzene rings is 1. The predicted octanol–water partition coefficient (Wildman–Crippen LogP) is 4.85. The van der Waals surface area contributed by atoms with E-state index in [4.69, 9.17) is 21.1 Å². The molecule has 0 saturated heterocycles. The van der Waals surface area contributed by atoms with Gasteiger partial charge in [-0.25, -0.2) is 9.37 Å². The van der Waals surface area contributed by atoms with Crippen LogP contribution in [-0.4, -0.2) is 41.9 Å². The topological polar surface area (TPSA) is 60.5 Å². The molecule has 1 atom stereocenters. The lowest BCUT2D eigenvalue weighted by molar-refractivity contribution is -0.125. The number of nitrogens with one attached hydrogen (secondary N) is 1. The number of hydrogen-bond acceptors (Lipinski definition) is 5. The third kappa shape index (κ3) is 5.32. The normalized spacial score (nSPS) is 22.9. The molecule has 0 radical (unpaired) electrons. The van der Waals surface area contributed by atoms with E-state index in [1.165, 1.54) is 19.1 Å². The summed E-state index contributed by atoms with van der Waals surface area (Å²) in [5, 5.41) is 2.51. The largest absolute Gasteiger partial charge is 0.489 e. The van der Waals surface area contributed by atoms with Gasteiger partial charge in [-0.15, -0.1) is 11.3 Å². The number of halogens is 4. The van der Waals surface area contributed by atoms with Gasteiger partial charge in [0.25, 0.3) is 5.92 Å². The molecule has 29 heavy (non-hydrogen) atoms. The molecule has 1 amide bonds. The van der Waals surface area contributed by atoms with Gasteiger partial charge >= 0.3 is 0 Å². The molecule has 1 fully saturated rings. The second kappa shape index (κ2) is 8.28. The number of nitrogens with zero attached hydrogens (tertiary/aromatic N) is 1. The number of thiazole rings is 1. The summed E-state index contributed by atoms with van der Waals surface area (Å²) in [7, 11) is 0. The van der Waals surface area contributed by atoms with E-state index in [1.807, 2.05) is 6.92 Å². The lowest BCUT2D eigenvalue weighted by Crippen LogP contribution is -2.50. The van der Waals surface area contributed by atoms with E-state index in [-0.39, 0.29) is 53.3 Å². The molecular weight excluding hydrogens is 429 g/mol. The molecule has 160 valence electrons. The van der Waals surface area contributed by atoms with Gasteiger partial charge in [0, 0.05) is 32.7 Å². The molecule has 1 heterocycles. The molecule has 0 unspecified atom stereocenters. The summed E-state index contributed by atoms with van der Waals surface area (Å²) in [6, 6.07) is 2.89. The van der Waals surface area contributed by atoms with Crippen molar-refractivity contribution in [3.8, 4) is 5.75 Å². The number of ether oxygens (including phenoxy) is 2. The van der Waals surface area contributed by atoms with Gasteiger partial charge in [0.05, 0.1) is 22.9 Å². The quantitative estimate of drug-likeness (QED) is 0.624. The maximum Gasteiger partial charge on any atom is 0.296 e. The number of aromatic nitrogens is 1. The molecular formula is C19H22ClF3N2O3S. The molecule has 1 aliphatic carbocycles. The van der Waals surface area contributed by atoms with Crippen molar-refractivity contribution in [1.29, 1.82) is 0 Å². The maximum absolute atomic E-state index is 14.8. The zero-order valence-electron chi connectivity index (χ0n) is 16.2. The Kier molecular flexibility index (Phi) is 6.31. The van der Waals surface area contributed by atoms with Crippen LogP contribution in [0.5, 0.6) is 5.75 Å². The Hall–Kier alpha value is -1.58. The highest BCUT2D eigenvalue weighted by atomic mass is 35.5. The molecule has 0 spiro atoms. The first-order chi connectivity index (χ1) is 13.5. The van der Waals surface area contributed by atoms with Crippen molar-refractivity contribution in [3.05, 3.63) is 22.2 Å². The minimum absolute atomic E-state index is 0.146. The molecule has 3 rings (SSSR count). The fraction of sp³-hybridized carbons (Fsp3) is 0.579. The number of hydrogen-bond donors (Lipinski definition) is 1. The smallest absolute Gasteiger partial charge is 0.296 e. The number of rotatable bonds is 8. The lowest BCUT2D eigenvalue weighted by atomic mass is 9.79. The van der Waals surface area contributed by atoms with Crippen LogP contribution in [0.1, 0.15) is 38.6 Å². The van der Waals surface area contributed by atoms with Crippen LogP contribution in [0.25, 0.3) is 10.2 Å². The van der Waals surface area contributed by atoms with E-state index < -0.39 is 11.6 Å². The Morgan fingerprint density at radius 3 is 2.79 bits per heavy atom. The Balaban J connectivity index is 1.54. The summed E-state index contributed by atoms with van der Waals surface area (Å²) in [6.45, 7) is 4.10. The highest BCUT2D eigenvalue weighted by Gasteiger charge is 2.46. The van der Waals surface area contributed by atoms with Gasteiger partial charge in [0.2, 0.25) is 5.91 Å². The first kappa shape index (κ1) is 22.1. The summed E-state index contributed by atoms with van der Waals surface area (Å²) in [4.78, 5) is 14.9. The molecule has 1 aromatic heterocycles. The van der Waals surface area contributed by atoms with Gasteiger partial charge in [-0.1, -0.05) is 11.6 Å². The Bertz CT molecular complexity index is 897. The Morgan fingerprint density at radius 1 is 1.48 bits per heavy atom. The molecule has 10 heteroatoms.